The molecule has 2 aromatic heterocycles. The van der Waals surface area contributed by atoms with Crippen molar-refractivity contribution in [1.82, 2.24) is 4.98 Å². The predicted molar refractivity (Wildman–Crippen MR) is 91.0 cm³/mol. The highest BCUT2D eigenvalue weighted by molar-refractivity contribution is 5.85. The number of furan rings is 1. The van der Waals surface area contributed by atoms with Crippen molar-refractivity contribution >= 4 is 21.9 Å². The first-order valence-corrected chi connectivity index (χ1v) is 7.68. The van der Waals surface area contributed by atoms with E-state index in [1.165, 1.54) is 33.0 Å². The van der Waals surface area contributed by atoms with Gasteiger partial charge in [-0.1, -0.05) is 30.3 Å². The average Bonchev–Trinajstić information content (AvgIpc) is 3.15. The summed E-state index contributed by atoms with van der Waals surface area (Å²) in [5.74, 6) is 0. The fraction of sp³-hybridized carbons (Fsp3) is 0.150. The lowest BCUT2D eigenvalue weighted by molar-refractivity contribution is 0.607. The molecule has 4 rings (SSSR count). The smallest absolute Gasteiger partial charge is 0.137 e. The molecule has 1 radical (unpaired) electrons. The van der Waals surface area contributed by atoms with Crippen LogP contribution in [-0.2, 0) is 6.42 Å². The number of aromatic amines is 1. The second-order valence-electron chi connectivity index (χ2n) is 5.74. The Bertz CT molecular complexity index is 929. The van der Waals surface area contributed by atoms with E-state index < -0.39 is 0 Å². The zero-order valence-electron chi connectivity index (χ0n) is 12.6. The van der Waals surface area contributed by atoms with Gasteiger partial charge in [-0.3, -0.25) is 0 Å². The third kappa shape index (κ3) is 2.21. The maximum atomic E-state index is 5.72. The van der Waals surface area contributed by atoms with Crippen LogP contribution in [0, 0.1) is 13.3 Å². The van der Waals surface area contributed by atoms with Crippen LogP contribution >= 0.6 is 0 Å². The van der Waals surface area contributed by atoms with Gasteiger partial charge in [-0.05, 0) is 55.0 Å². The van der Waals surface area contributed by atoms with E-state index in [-0.39, 0.29) is 0 Å². The molecule has 0 saturated carbocycles. The topological polar surface area (TPSA) is 28.9 Å². The Hall–Kier alpha value is -2.48. The Morgan fingerprint density at radius 1 is 1.05 bits per heavy atom. The molecule has 22 heavy (non-hydrogen) atoms. The zero-order chi connectivity index (χ0) is 14.9. The average molecular weight is 288 g/mol. The van der Waals surface area contributed by atoms with Gasteiger partial charge in [0.1, 0.15) is 5.58 Å². The lowest BCUT2D eigenvalue weighted by Gasteiger charge is -2.03. The summed E-state index contributed by atoms with van der Waals surface area (Å²) in [6.45, 7) is 2.09. The second-order valence-corrected chi connectivity index (χ2v) is 5.74. The molecule has 4 aromatic rings. The third-order valence-corrected chi connectivity index (χ3v) is 4.28. The number of fused-ring (bicyclic) bond motifs is 2. The van der Waals surface area contributed by atoms with E-state index in [9.17, 15) is 0 Å². The first kappa shape index (κ1) is 13.2. The fourth-order valence-electron chi connectivity index (χ4n) is 3.12. The van der Waals surface area contributed by atoms with E-state index in [2.05, 4.69) is 60.8 Å². The molecule has 0 amide bonds. The Balaban J connectivity index is 1.53. The van der Waals surface area contributed by atoms with Crippen LogP contribution in [0.5, 0.6) is 0 Å². The number of H-pyrrole nitrogens is 1. The maximum Gasteiger partial charge on any atom is 0.137 e. The summed E-state index contributed by atoms with van der Waals surface area (Å²) in [4.78, 5) is 3.26. The van der Waals surface area contributed by atoms with Crippen LogP contribution in [0.15, 0.2) is 59.3 Å². The Morgan fingerprint density at radius 2 is 1.95 bits per heavy atom. The van der Waals surface area contributed by atoms with Crippen molar-refractivity contribution in [3.63, 3.8) is 0 Å². The minimum atomic E-state index is 0.997. The third-order valence-electron chi connectivity index (χ3n) is 4.28. The minimum Gasteiger partial charge on any atom is -0.464 e. The summed E-state index contributed by atoms with van der Waals surface area (Å²) in [6.07, 6.45) is 8.21. The summed E-state index contributed by atoms with van der Waals surface area (Å²) in [5.41, 5.74) is 5.99. The molecular formula is C20H18NO. The number of nitrogens with one attached hydrogen (secondary N) is 1. The van der Waals surface area contributed by atoms with Gasteiger partial charge in [-0.2, -0.15) is 0 Å². The summed E-state index contributed by atoms with van der Waals surface area (Å²) in [5, 5.41) is 2.53. The maximum absolute atomic E-state index is 5.72. The Kier molecular flexibility index (Phi) is 3.23. The first-order valence-electron chi connectivity index (χ1n) is 7.68. The van der Waals surface area contributed by atoms with Crippen LogP contribution in [0.1, 0.15) is 23.1 Å². The van der Waals surface area contributed by atoms with Gasteiger partial charge >= 0.3 is 0 Å². The van der Waals surface area contributed by atoms with Crippen LogP contribution < -0.4 is 0 Å². The van der Waals surface area contributed by atoms with Gasteiger partial charge in [0.25, 0.3) is 0 Å². The van der Waals surface area contributed by atoms with E-state index in [1.807, 2.05) is 12.5 Å². The van der Waals surface area contributed by atoms with E-state index in [0.717, 1.165) is 18.4 Å². The standard InChI is InChI=1S/C20H18NO/c1-14-5-2-9-18-16(13-22-20(14)18)8-3-6-15-7-4-10-19-17(15)11-12-21-19/h2,4-7,9-13,21H,3,8H2,1H3. The van der Waals surface area contributed by atoms with Crippen LogP contribution in [0.4, 0.5) is 0 Å². The summed E-state index contributed by atoms with van der Waals surface area (Å²) in [6, 6.07) is 14.9. The highest BCUT2D eigenvalue weighted by atomic mass is 16.3. The number of aromatic nitrogens is 1. The van der Waals surface area contributed by atoms with Crippen molar-refractivity contribution in [3.8, 4) is 0 Å². The van der Waals surface area contributed by atoms with Crippen LogP contribution in [0.3, 0.4) is 0 Å². The number of para-hydroxylation sites is 1. The molecule has 109 valence electrons. The van der Waals surface area contributed by atoms with Crippen LogP contribution in [0.25, 0.3) is 21.9 Å². The quantitative estimate of drug-likeness (QED) is 0.534. The molecule has 2 heterocycles. The molecule has 2 aromatic carbocycles. The highest BCUT2D eigenvalue weighted by Gasteiger charge is 2.08. The van der Waals surface area contributed by atoms with Gasteiger partial charge in [-0.25, -0.2) is 0 Å². The molecule has 2 nitrogen and oxygen atoms in total. The minimum absolute atomic E-state index is 0.997. The van der Waals surface area contributed by atoms with Gasteiger partial charge in [0.05, 0.1) is 6.26 Å². The SMILES string of the molecule is Cc1cccc2c(CC[CH]c3cccc4[nH]ccc34)coc12. The van der Waals surface area contributed by atoms with E-state index >= 15 is 0 Å². The monoisotopic (exact) mass is 288 g/mol. The number of hydrogen-bond donors (Lipinski definition) is 1. The second kappa shape index (κ2) is 5.38. The van der Waals surface area contributed by atoms with Crippen LogP contribution in [-0.4, -0.2) is 4.98 Å². The highest BCUT2D eigenvalue weighted by Crippen LogP contribution is 2.26. The molecule has 0 atom stereocenters. The lowest BCUT2D eigenvalue weighted by atomic mass is 10.0. The van der Waals surface area contributed by atoms with Crippen LogP contribution in [0.2, 0.25) is 0 Å². The predicted octanol–water partition coefficient (Wildman–Crippen LogP) is 5.41. The summed E-state index contributed by atoms with van der Waals surface area (Å²) < 4.78 is 5.72. The van der Waals surface area contributed by atoms with Crippen molar-refractivity contribution in [1.29, 1.82) is 0 Å². The number of benzene rings is 2. The number of aryl methyl sites for hydroxylation is 2. The lowest BCUT2D eigenvalue weighted by Crippen LogP contribution is -1.88. The van der Waals surface area contributed by atoms with Crippen molar-refractivity contribution in [3.05, 3.63) is 78.0 Å². The number of hydrogen-bond acceptors (Lipinski definition) is 1. The largest absolute Gasteiger partial charge is 0.464 e. The molecular weight excluding hydrogens is 270 g/mol. The first-order chi connectivity index (χ1) is 10.8. The van der Waals surface area contributed by atoms with Gasteiger partial charge in [0.15, 0.2) is 0 Å². The van der Waals surface area contributed by atoms with Crippen molar-refractivity contribution in [2.75, 3.05) is 0 Å². The van der Waals surface area contributed by atoms with Crippen molar-refractivity contribution in [2.24, 2.45) is 0 Å². The van der Waals surface area contributed by atoms with Gasteiger partial charge in [0.2, 0.25) is 0 Å². The van der Waals surface area contributed by atoms with Gasteiger partial charge in [0, 0.05) is 22.5 Å². The van der Waals surface area contributed by atoms with Gasteiger partial charge < -0.3 is 9.40 Å². The Labute approximate surface area is 129 Å². The molecule has 1 N–H and O–H groups in total. The van der Waals surface area contributed by atoms with E-state index in [4.69, 9.17) is 4.42 Å². The molecule has 2 heteroatoms. The molecule has 0 unspecified atom stereocenters. The van der Waals surface area contributed by atoms with E-state index in [1.54, 1.807) is 0 Å². The summed E-state index contributed by atoms with van der Waals surface area (Å²) in [7, 11) is 0. The van der Waals surface area contributed by atoms with Crippen molar-refractivity contribution in [2.45, 2.75) is 19.8 Å². The normalized spacial score (nSPS) is 11.5. The summed E-state index contributed by atoms with van der Waals surface area (Å²) >= 11 is 0. The molecule has 0 spiro atoms. The van der Waals surface area contributed by atoms with Crippen molar-refractivity contribution < 1.29 is 4.42 Å². The fourth-order valence-corrected chi connectivity index (χ4v) is 3.12. The molecule has 0 aliphatic heterocycles. The number of rotatable bonds is 4. The molecule has 0 fully saturated rings. The molecule has 0 aliphatic carbocycles. The zero-order valence-corrected chi connectivity index (χ0v) is 12.6. The van der Waals surface area contributed by atoms with Gasteiger partial charge in [-0.15, -0.1) is 0 Å². The molecule has 0 aliphatic rings. The Morgan fingerprint density at radius 3 is 2.91 bits per heavy atom. The van der Waals surface area contributed by atoms with E-state index in [0.29, 0.717) is 0 Å². The molecule has 0 bridgehead atoms. The molecule has 0 saturated heterocycles.